The Morgan fingerprint density at radius 1 is 1.24 bits per heavy atom. The van der Waals surface area contributed by atoms with Gasteiger partial charge in [0.15, 0.2) is 0 Å². The highest BCUT2D eigenvalue weighted by atomic mass is 32.1. The lowest BCUT2D eigenvalue weighted by Gasteiger charge is -2.28. The number of carbonyl (C=O) groups excluding carboxylic acids is 1. The predicted molar refractivity (Wildman–Crippen MR) is 95.4 cm³/mol. The van der Waals surface area contributed by atoms with Gasteiger partial charge in [0, 0.05) is 38.6 Å². The molecule has 1 amide bonds. The Morgan fingerprint density at radius 3 is 2.88 bits per heavy atom. The molecule has 7 heteroatoms. The van der Waals surface area contributed by atoms with Crippen molar-refractivity contribution < 1.29 is 4.79 Å². The van der Waals surface area contributed by atoms with Crippen molar-refractivity contribution in [2.45, 2.75) is 44.8 Å². The van der Waals surface area contributed by atoms with E-state index in [1.807, 2.05) is 0 Å². The molecule has 2 aromatic heterocycles. The minimum absolute atomic E-state index is 0.0463. The van der Waals surface area contributed by atoms with Crippen molar-refractivity contribution in [2.75, 3.05) is 13.1 Å². The number of carbonyl (C=O) groups is 1. The lowest BCUT2D eigenvalue weighted by molar-refractivity contribution is 0.0898. The molecule has 2 fully saturated rings. The number of hydrogen-bond acceptors (Lipinski definition) is 5. The summed E-state index contributed by atoms with van der Waals surface area (Å²) in [5.41, 5.74) is 1.41. The average Bonchev–Trinajstić information content (AvgIpc) is 3.27. The zero-order chi connectivity index (χ0) is 16.8. The molecule has 4 heterocycles. The highest BCUT2D eigenvalue weighted by molar-refractivity contribution is 7.07. The molecule has 132 valence electrons. The number of nitrogens with one attached hydrogen (secondary N) is 1. The zero-order valence-corrected chi connectivity index (χ0v) is 15.0. The molecule has 0 radical (unpaired) electrons. The van der Waals surface area contributed by atoms with Crippen LogP contribution in [0.2, 0.25) is 0 Å². The van der Waals surface area contributed by atoms with Gasteiger partial charge in [0.1, 0.15) is 5.82 Å². The minimum atomic E-state index is -0.0463. The molecule has 1 saturated heterocycles. The molecular weight excluding hydrogens is 334 g/mol. The molecule has 5 rings (SSSR count). The second-order valence-electron chi connectivity index (χ2n) is 7.70. The quantitative estimate of drug-likeness (QED) is 0.908. The lowest BCUT2D eigenvalue weighted by atomic mass is 9.89. The Kier molecular flexibility index (Phi) is 3.86. The van der Waals surface area contributed by atoms with Gasteiger partial charge in [0.2, 0.25) is 5.82 Å². The third-order valence-corrected chi connectivity index (χ3v) is 6.70. The minimum Gasteiger partial charge on any atom is -0.347 e. The summed E-state index contributed by atoms with van der Waals surface area (Å²) in [4.78, 5) is 15.1. The summed E-state index contributed by atoms with van der Waals surface area (Å²) in [6, 6.07) is 2.55. The van der Waals surface area contributed by atoms with E-state index in [0.717, 1.165) is 51.3 Å². The number of rotatable bonds is 4. The molecule has 25 heavy (non-hydrogen) atoms. The molecule has 1 N–H and O–H groups in total. The van der Waals surface area contributed by atoms with Gasteiger partial charge in [-0.15, -0.1) is 10.2 Å². The number of hydrogen-bond donors (Lipinski definition) is 1. The van der Waals surface area contributed by atoms with Crippen LogP contribution in [-0.4, -0.2) is 44.7 Å². The van der Waals surface area contributed by atoms with Gasteiger partial charge in [-0.1, -0.05) is 0 Å². The number of nitrogens with zero attached hydrogens (tertiary/aromatic N) is 4. The monoisotopic (exact) mass is 357 g/mol. The average molecular weight is 357 g/mol. The van der Waals surface area contributed by atoms with Crippen molar-refractivity contribution in [1.29, 1.82) is 0 Å². The van der Waals surface area contributed by atoms with E-state index in [1.165, 1.54) is 12.0 Å². The zero-order valence-electron chi connectivity index (χ0n) is 14.2. The third kappa shape index (κ3) is 2.89. The normalized spacial score (nSPS) is 26.1. The van der Waals surface area contributed by atoms with E-state index < -0.39 is 0 Å². The van der Waals surface area contributed by atoms with Gasteiger partial charge in [-0.2, -0.15) is 11.3 Å². The van der Waals surface area contributed by atoms with Crippen molar-refractivity contribution >= 4 is 17.2 Å². The Labute approximate surface area is 151 Å². The van der Waals surface area contributed by atoms with Crippen LogP contribution in [0.15, 0.2) is 16.8 Å². The van der Waals surface area contributed by atoms with Gasteiger partial charge < -0.3 is 9.88 Å². The standard InChI is InChI=1S/C18H23N5OS/c24-18(19-15-2-1-3-15)17-21-20-16-6-13-8-22(7-12-4-5-25-11-12)9-14(13)10-23(16)17/h4-5,11,13-15H,1-3,6-10H2,(H,19,24)/t13-,14-/m1/s1. The summed E-state index contributed by atoms with van der Waals surface area (Å²) in [6.45, 7) is 4.13. The summed E-state index contributed by atoms with van der Waals surface area (Å²) >= 11 is 1.76. The van der Waals surface area contributed by atoms with Gasteiger partial charge in [-0.05, 0) is 53.5 Å². The molecule has 6 nitrogen and oxygen atoms in total. The van der Waals surface area contributed by atoms with E-state index >= 15 is 0 Å². The van der Waals surface area contributed by atoms with E-state index in [0.29, 0.717) is 23.7 Å². The first-order chi connectivity index (χ1) is 12.3. The van der Waals surface area contributed by atoms with Gasteiger partial charge in [-0.3, -0.25) is 9.69 Å². The Balaban J connectivity index is 1.28. The van der Waals surface area contributed by atoms with Crippen LogP contribution in [0.3, 0.4) is 0 Å². The van der Waals surface area contributed by atoms with E-state index in [-0.39, 0.29) is 5.91 Å². The fourth-order valence-corrected chi connectivity index (χ4v) is 5.02. The van der Waals surface area contributed by atoms with Gasteiger partial charge in [-0.25, -0.2) is 0 Å². The van der Waals surface area contributed by atoms with Gasteiger partial charge in [0.25, 0.3) is 5.91 Å². The van der Waals surface area contributed by atoms with E-state index in [2.05, 4.69) is 41.8 Å². The van der Waals surface area contributed by atoms with Gasteiger partial charge in [0.05, 0.1) is 0 Å². The second-order valence-corrected chi connectivity index (χ2v) is 8.48. The summed E-state index contributed by atoms with van der Waals surface area (Å²) in [5, 5.41) is 16.0. The lowest BCUT2D eigenvalue weighted by Crippen LogP contribution is -2.41. The van der Waals surface area contributed by atoms with Crippen molar-refractivity contribution in [1.82, 2.24) is 25.0 Å². The molecule has 0 aromatic carbocycles. The Morgan fingerprint density at radius 2 is 2.12 bits per heavy atom. The Hall–Kier alpha value is -1.73. The first-order valence-electron chi connectivity index (χ1n) is 9.22. The van der Waals surface area contributed by atoms with Gasteiger partial charge >= 0.3 is 0 Å². The second kappa shape index (κ2) is 6.21. The van der Waals surface area contributed by atoms with E-state index in [1.54, 1.807) is 11.3 Å². The van der Waals surface area contributed by atoms with E-state index in [9.17, 15) is 4.79 Å². The molecule has 2 aliphatic heterocycles. The number of fused-ring (bicyclic) bond motifs is 2. The van der Waals surface area contributed by atoms with Crippen LogP contribution in [0, 0.1) is 11.8 Å². The summed E-state index contributed by atoms with van der Waals surface area (Å²) in [7, 11) is 0. The van der Waals surface area contributed by atoms with E-state index in [4.69, 9.17) is 0 Å². The first kappa shape index (κ1) is 15.5. The van der Waals surface area contributed by atoms with Crippen LogP contribution in [0.5, 0.6) is 0 Å². The van der Waals surface area contributed by atoms with Crippen LogP contribution < -0.4 is 5.32 Å². The van der Waals surface area contributed by atoms with Crippen LogP contribution >= 0.6 is 11.3 Å². The van der Waals surface area contributed by atoms with Crippen LogP contribution in [-0.2, 0) is 19.5 Å². The molecule has 3 aliphatic rings. The van der Waals surface area contributed by atoms with Crippen molar-refractivity contribution in [3.63, 3.8) is 0 Å². The summed E-state index contributed by atoms with van der Waals surface area (Å²) < 4.78 is 2.07. The maximum Gasteiger partial charge on any atom is 0.289 e. The summed E-state index contributed by atoms with van der Waals surface area (Å²) in [6.07, 6.45) is 4.34. The molecule has 1 aliphatic carbocycles. The van der Waals surface area contributed by atoms with Crippen molar-refractivity contribution in [3.05, 3.63) is 34.0 Å². The molecule has 0 unspecified atom stereocenters. The smallest absolute Gasteiger partial charge is 0.289 e. The highest BCUT2D eigenvalue weighted by Gasteiger charge is 2.39. The van der Waals surface area contributed by atoms with Crippen LogP contribution in [0.4, 0.5) is 0 Å². The maximum absolute atomic E-state index is 12.5. The number of amides is 1. The SMILES string of the molecule is O=C(NC1CCC1)c1nnc2n1C[C@H]1CN(Cc3ccsc3)C[C@H]1C2. The fraction of sp³-hybridized carbons (Fsp3) is 0.611. The molecule has 2 atom stereocenters. The maximum atomic E-state index is 12.5. The predicted octanol–water partition coefficient (Wildman–Crippen LogP) is 1.93. The summed E-state index contributed by atoms with van der Waals surface area (Å²) in [5.74, 6) is 2.68. The molecule has 0 bridgehead atoms. The van der Waals surface area contributed by atoms with Crippen LogP contribution in [0.25, 0.3) is 0 Å². The fourth-order valence-electron chi connectivity index (χ4n) is 4.36. The number of aromatic nitrogens is 3. The van der Waals surface area contributed by atoms with Crippen LogP contribution in [0.1, 0.15) is 41.3 Å². The molecular formula is C18H23N5OS. The molecule has 2 aromatic rings. The number of thiophene rings is 1. The molecule has 0 spiro atoms. The Bertz CT molecular complexity index is 767. The number of likely N-dealkylation sites (tertiary alicyclic amines) is 1. The third-order valence-electron chi connectivity index (χ3n) is 5.97. The van der Waals surface area contributed by atoms with Crippen molar-refractivity contribution in [3.8, 4) is 0 Å². The molecule has 1 saturated carbocycles. The topological polar surface area (TPSA) is 63.1 Å². The largest absolute Gasteiger partial charge is 0.347 e. The highest BCUT2D eigenvalue weighted by Crippen LogP contribution is 2.33. The van der Waals surface area contributed by atoms with Crippen molar-refractivity contribution in [2.24, 2.45) is 11.8 Å². The first-order valence-corrected chi connectivity index (χ1v) is 10.2.